The van der Waals surface area contributed by atoms with E-state index in [-0.39, 0.29) is 0 Å². The molecule has 2 heteroatoms. The van der Waals surface area contributed by atoms with Crippen LogP contribution in [0.4, 0.5) is 5.69 Å². The van der Waals surface area contributed by atoms with Crippen LogP contribution in [-0.2, 0) is 6.42 Å². The van der Waals surface area contributed by atoms with Gasteiger partial charge in [0.15, 0.2) is 0 Å². The van der Waals surface area contributed by atoms with Crippen LogP contribution >= 0.6 is 0 Å². The van der Waals surface area contributed by atoms with E-state index in [0.29, 0.717) is 0 Å². The Balaban J connectivity index is 1.77. The maximum Gasteiger partial charge on any atom is 0.142 e. The maximum atomic E-state index is 5.83. The fraction of sp³-hybridized carbons (Fsp3) is 0.368. The lowest BCUT2D eigenvalue weighted by Gasteiger charge is -2.13. The van der Waals surface area contributed by atoms with E-state index in [0.717, 1.165) is 50.3 Å². The Bertz CT molecular complexity index is 510. The first-order valence-electron chi connectivity index (χ1n) is 7.90. The highest BCUT2D eigenvalue weighted by Crippen LogP contribution is 2.23. The Morgan fingerprint density at radius 3 is 2.48 bits per heavy atom. The van der Waals surface area contributed by atoms with Gasteiger partial charge in [0.2, 0.25) is 0 Å². The molecule has 0 heterocycles. The van der Waals surface area contributed by atoms with Crippen molar-refractivity contribution in [3.05, 3.63) is 60.2 Å². The van der Waals surface area contributed by atoms with E-state index in [2.05, 4.69) is 48.6 Å². The summed E-state index contributed by atoms with van der Waals surface area (Å²) in [7, 11) is 0. The van der Waals surface area contributed by atoms with Crippen LogP contribution in [0.1, 0.15) is 31.7 Å². The van der Waals surface area contributed by atoms with Crippen LogP contribution in [0, 0.1) is 0 Å². The predicted octanol–water partition coefficient (Wildman–Crippen LogP) is 4.91. The van der Waals surface area contributed by atoms with Gasteiger partial charge in [-0.15, -0.1) is 0 Å². The highest BCUT2D eigenvalue weighted by Gasteiger charge is 2.01. The lowest BCUT2D eigenvalue weighted by atomic mass is 10.1. The number of nitrogens with one attached hydrogen (secondary N) is 1. The summed E-state index contributed by atoms with van der Waals surface area (Å²) in [5.74, 6) is 0.964. The average Bonchev–Trinajstić information content (AvgIpc) is 2.54. The van der Waals surface area contributed by atoms with Gasteiger partial charge in [0, 0.05) is 6.54 Å². The van der Waals surface area contributed by atoms with Crippen LogP contribution in [0.25, 0.3) is 0 Å². The van der Waals surface area contributed by atoms with Gasteiger partial charge in [-0.3, -0.25) is 0 Å². The van der Waals surface area contributed by atoms with E-state index in [1.54, 1.807) is 0 Å². The summed E-state index contributed by atoms with van der Waals surface area (Å²) in [6, 6.07) is 18.8. The van der Waals surface area contributed by atoms with Crippen molar-refractivity contribution in [2.24, 2.45) is 0 Å². The standard InChI is InChI=1S/C19H25NO/c1-2-3-16-21-19-14-8-7-13-18(19)20-15-9-12-17-10-5-4-6-11-17/h4-8,10-11,13-14,20H,2-3,9,12,15-16H2,1H3. The zero-order valence-corrected chi connectivity index (χ0v) is 12.8. The molecular weight excluding hydrogens is 258 g/mol. The third-order valence-corrected chi connectivity index (χ3v) is 3.44. The number of aryl methyl sites for hydroxylation is 1. The molecule has 0 aliphatic carbocycles. The number of hydrogen-bond donors (Lipinski definition) is 1. The van der Waals surface area contributed by atoms with Gasteiger partial charge in [0.05, 0.1) is 12.3 Å². The second-order valence-corrected chi connectivity index (χ2v) is 5.21. The molecule has 0 aromatic heterocycles. The number of unbranched alkanes of at least 4 members (excludes halogenated alkanes) is 1. The van der Waals surface area contributed by atoms with E-state index in [1.807, 2.05) is 18.2 Å². The smallest absolute Gasteiger partial charge is 0.142 e. The van der Waals surface area contributed by atoms with Crippen LogP contribution in [0.2, 0.25) is 0 Å². The molecule has 0 saturated heterocycles. The summed E-state index contributed by atoms with van der Waals surface area (Å²) >= 11 is 0. The first-order chi connectivity index (χ1) is 10.4. The Morgan fingerprint density at radius 1 is 0.905 bits per heavy atom. The monoisotopic (exact) mass is 283 g/mol. The van der Waals surface area contributed by atoms with Gasteiger partial charge in [0.25, 0.3) is 0 Å². The quantitative estimate of drug-likeness (QED) is 0.660. The molecule has 0 spiro atoms. The van der Waals surface area contributed by atoms with Gasteiger partial charge in [-0.25, -0.2) is 0 Å². The Hall–Kier alpha value is -1.96. The molecule has 0 bridgehead atoms. The fourth-order valence-corrected chi connectivity index (χ4v) is 2.23. The first kappa shape index (κ1) is 15.4. The molecule has 21 heavy (non-hydrogen) atoms. The van der Waals surface area contributed by atoms with E-state index >= 15 is 0 Å². The second kappa shape index (κ2) is 9.06. The minimum absolute atomic E-state index is 0.791. The van der Waals surface area contributed by atoms with Gasteiger partial charge < -0.3 is 10.1 Å². The number of ether oxygens (including phenoxy) is 1. The summed E-state index contributed by atoms with van der Waals surface area (Å²) in [6.07, 6.45) is 4.48. The van der Waals surface area contributed by atoms with E-state index < -0.39 is 0 Å². The van der Waals surface area contributed by atoms with Crippen molar-refractivity contribution < 1.29 is 4.74 Å². The number of para-hydroxylation sites is 2. The van der Waals surface area contributed by atoms with Gasteiger partial charge in [0.1, 0.15) is 5.75 Å². The normalized spacial score (nSPS) is 10.3. The van der Waals surface area contributed by atoms with Gasteiger partial charge in [-0.1, -0.05) is 55.8 Å². The minimum atomic E-state index is 0.791. The van der Waals surface area contributed by atoms with Crippen molar-refractivity contribution in [1.29, 1.82) is 0 Å². The van der Waals surface area contributed by atoms with Gasteiger partial charge in [-0.2, -0.15) is 0 Å². The van der Waals surface area contributed by atoms with Crippen molar-refractivity contribution in [2.45, 2.75) is 32.6 Å². The van der Waals surface area contributed by atoms with Crippen molar-refractivity contribution in [2.75, 3.05) is 18.5 Å². The zero-order valence-electron chi connectivity index (χ0n) is 12.8. The van der Waals surface area contributed by atoms with Crippen LogP contribution in [-0.4, -0.2) is 13.2 Å². The molecule has 2 nitrogen and oxygen atoms in total. The number of hydrogen-bond acceptors (Lipinski definition) is 2. The molecule has 0 aliphatic heterocycles. The third-order valence-electron chi connectivity index (χ3n) is 3.44. The van der Waals surface area contributed by atoms with Crippen molar-refractivity contribution >= 4 is 5.69 Å². The molecule has 2 aromatic carbocycles. The van der Waals surface area contributed by atoms with Crippen molar-refractivity contribution in [3.8, 4) is 5.75 Å². The molecule has 112 valence electrons. The highest BCUT2D eigenvalue weighted by atomic mass is 16.5. The average molecular weight is 283 g/mol. The molecule has 0 radical (unpaired) electrons. The summed E-state index contributed by atoms with van der Waals surface area (Å²) in [5, 5.41) is 3.49. The van der Waals surface area contributed by atoms with Crippen molar-refractivity contribution in [3.63, 3.8) is 0 Å². The lowest BCUT2D eigenvalue weighted by Crippen LogP contribution is -2.06. The summed E-state index contributed by atoms with van der Waals surface area (Å²) in [4.78, 5) is 0. The predicted molar refractivity (Wildman–Crippen MR) is 90.1 cm³/mol. The zero-order chi connectivity index (χ0) is 14.8. The largest absolute Gasteiger partial charge is 0.491 e. The molecule has 0 fully saturated rings. The lowest BCUT2D eigenvalue weighted by molar-refractivity contribution is 0.310. The Labute approximate surface area is 128 Å². The number of rotatable bonds is 9. The molecule has 1 N–H and O–H groups in total. The van der Waals surface area contributed by atoms with Crippen LogP contribution < -0.4 is 10.1 Å². The molecular formula is C19H25NO. The molecule has 0 saturated carbocycles. The van der Waals surface area contributed by atoms with E-state index in [4.69, 9.17) is 4.74 Å². The van der Waals surface area contributed by atoms with Crippen molar-refractivity contribution in [1.82, 2.24) is 0 Å². The molecule has 0 amide bonds. The summed E-state index contributed by atoms with van der Waals surface area (Å²) in [5.41, 5.74) is 2.49. The third kappa shape index (κ3) is 5.50. The summed E-state index contributed by atoms with van der Waals surface area (Å²) in [6.45, 7) is 3.93. The Kier molecular flexibility index (Phi) is 6.66. The number of benzene rings is 2. The van der Waals surface area contributed by atoms with Crippen LogP contribution in [0.5, 0.6) is 5.75 Å². The highest BCUT2D eigenvalue weighted by molar-refractivity contribution is 5.56. The molecule has 0 atom stereocenters. The number of anilines is 1. The molecule has 0 unspecified atom stereocenters. The van der Waals surface area contributed by atoms with E-state index in [1.165, 1.54) is 5.56 Å². The molecule has 0 aliphatic rings. The SMILES string of the molecule is CCCCOc1ccccc1NCCCc1ccccc1. The molecule has 2 rings (SSSR count). The second-order valence-electron chi connectivity index (χ2n) is 5.21. The van der Waals surface area contributed by atoms with Crippen LogP contribution in [0.15, 0.2) is 54.6 Å². The molecule has 2 aromatic rings. The van der Waals surface area contributed by atoms with E-state index in [9.17, 15) is 0 Å². The van der Waals surface area contributed by atoms with Crippen LogP contribution in [0.3, 0.4) is 0 Å². The van der Waals surface area contributed by atoms with Gasteiger partial charge in [-0.05, 0) is 37.0 Å². The fourth-order valence-electron chi connectivity index (χ4n) is 2.23. The first-order valence-corrected chi connectivity index (χ1v) is 7.90. The summed E-state index contributed by atoms with van der Waals surface area (Å²) < 4.78 is 5.83. The topological polar surface area (TPSA) is 21.3 Å². The minimum Gasteiger partial charge on any atom is -0.491 e. The van der Waals surface area contributed by atoms with Gasteiger partial charge >= 0.3 is 0 Å². The maximum absolute atomic E-state index is 5.83. The Morgan fingerprint density at radius 2 is 1.67 bits per heavy atom.